The average Bonchev–Trinajstić information content (AvgIpc) is 2.76. The smallest absolute Gasteiger partial charge is 0.123 e. The van der Waals surface area contributed by atoms with Gasteiger partial charge in [-0.15, -0.1) is 0 Å². The third kappa shape index (κ3) is 1.37. The quantitative estimate of drug-likeness (QED) is 0.593. The molecule has 0 bridgehead atoms. The highest BCUT2D eigenvalue weighted by molar-refractivity contribution is 6.31. The van der Waals surface area contributed by atoms with Crippen molar-refractivity contribution in [3.8, 4) is 0 Å². The Hall–Kier alpha value is -0.600. The van der Waals surface area contributed by atoms with Crippen LogP contribution < -0.4 is 0 Å². The van der Waals surface area contributed by atoms with Gasteiger partial charge in [-0.3, -0.25) is 0 Å². The summed E-state index contributed by atoms with van der Waals surface area (Å²) in [5.41, 5.74) is 0.756. The Morgan fingerprint density at radius 1 is 1.55 bits per heavy atom. The van der Waals surface area contributed by atoms with Gasteiger partial charge in [-0.2, -0.15) is 0 Å². The minimum Gasteiger partial charge on any atom is -0.368 e. The van der Waals surface area contributed by atoms with Crippen molar-refractivity contribution in [1.29, 1.82) is 0 Å². The number of hydrogen-bond acceptors (Lipinski definition) is 1. The van der Waals surface area contributed by atoms with Gasteiger partial charge in [0.15, 0.2) is 0 Å². The highest BCUT2D eigenvalue weighted by Gasteiger charge is 2.27. The zero-order valence-corrected chi connectivity index (χ0v) is 6.44. The van der Waals surface area contributed by atoms with Crippen LogP contribution in [0.2, 0.25) is 5.02 Å². The largest absolute Gasteiger partial charge is 0.368 e. The molecule has 0 unspecified atom stereocenters. The lowest BCUT2D eigenvalue weighted by Crippen LogP contribution is -1.84. The topological polar surface area (TPSA) is 12.5 Å². The molecule has 1 aliphatic rings. The molecule has 0 radical (unpaired) electrons. The molecule has 1 aromatic carbocycles. The lowest BCUT2D eigenvalue weighted by atomic mass is 10.1. The molecule has 1 heterocycles. The van der Waals surface area contributed by atoms with Crippen LogP contribution in [-0.2, 0) is 4.74 Å². The normalized spacial score (nSPS) is 21.8. The van der Waals surface area contributed by atoms with E-state index in [1.165, 1.54) is 12.1 Å². The maximum absolute atomic E-state index is 12.6. The first-order valence-electron chi connectivity index (χ1n) is 3.34. The van der Waals surface area contributed by atoms with E-state index in [1.807, 2.05) is 0 Å². The Kier molecular flexibility index (Phi) is 1.59. The molecule has 11 heavy (non-hydrogen) atoms. The molecule has 1 nitrogen and oxygen atoms in total. The molecule has 1 saturated heterocycles. The van der Waals surface area contributed by atoms with Gasteiger partial charge in [-0.25, -0.2) is 4.39 Å². The van der Waals surface area contributed by atoms with Crippen LogP contribution in [0, 0.1) is 5.82 Å². The molecule has 1 fully saturated rings. The van der Waals surface area contributed by atoms with Crippen molar-refractivity contribution >= 4 is 11.6 Å². The van der Waals surface area contributed by atoms with Crippen molar-refractivity contribution in [2.75, 3.05) is 6.61 Å². The minimum atomic E-state index is -0.264. The van der Waals surface area contributed by atoms with Gasteiger partial charge < -0.3 is 4.74 Å². The molecule has 1 aliphatic heterocycles. The third-order valence-corrected chi connectivity index (χ3v) is 1.98. The molecule has 2 rings (SSSR count). The van der Waals surface area contributed by atoms with Crippen LogP contribution in [0.25, 0.3) is 0 Å². The third-order valence-electron chi connectivity index (χ3n) is 1.64. The van der Waals surface area contributed by atoms with Gasteiger partial charge in [0.1, 0.15) is 11.9 Å². The number of benzene rings is 1. The van der Waals surface area contributed by atoms with Crippen LogP contribution in [0.15, 0.2) is 18.2 Å². The summed E-state index contributed by atoms with van der Waals surface area (Å²) >= 11 is 5.78. The average molecular weight is 173 g/mol. The highest BCUT2D eigenvalue weighted by Crippen LogP contribution is 2.34. The maximum Gasteiger partial charge on any atom is 0.123 e. The first-order chi connectivity index (χ1) is 5.27. The van der Waals surface area contributed by atoms with E-state index in [-0.39, 0.29) is 11.9 Å². The molecule has 1 aromatic rings. The first-order valence-corrected chi connectivity index (χ1v) is 3.72. The number of ether oxygens (including phenoxy) is 1. The van der Waals surface area contributed by atoms with E-state index >= 15 is 0 Å². The Morgan fingerprint density at radius 2 is 2.27 bits per heavy atom. The number of halogens is 2. The number of rotatable bonds is 1. The highest BCUT2D eigenvalue weighted by atomic mass is 35.5. The van der Waals surface area contributed by atoms with Crippen molar-refractivity contribution < 1.29 is 9.13 Å². The first kappa shape index (κ1) is 7.07. The second-order valence-corrected chi connectivity index (χ2v) is 2.90. The van der Waals surface area contributed by atoms with E-state index < -0.39 is 0 Å². The van der Waals surface area contributed by atoms with Crippen LogP contribution in [0.5, 0.6) is 0 Å². The molecule has 0 aliphatic carbocycles. The van der Waals surface area contributed by atoms with Crippen molar-refractivity contribution in [2.24, 2.45) is 0 Å². The zero-order valence-electron chi connectivity index (χ0n) is 5.68. The van der Waals surface area contributed by atoms with E-state index in [4.69, 9.17) is 16.3 Å². The van der Waals surface area contributed by atoms with Gasteiger partial charge in [0.05, 0.1) is 6.61 Å². The molecule has 0 aromatic heterocycles. The van der Waals surface area contributed by atoms with Crippen molar-refractivity contribution in [1.82, 2.24) is 0 Å². The second-order valence-electron chi connectivity index (χ2n) is 2.49. The summed E-state index contributed by atoms with van der Waals surface area (Å²) < 4.78 is 17.6. The molecule has 0 saturated carbocycles. The predicted octanol–water partition coefficient (Wildman–Crippen LogP) is 2.55. The summed E-state index contributed by atoms with van der Waals surface area (Å²) in [6, 6.07) is 4.31. The maximum atomic E-state index is 12.6. The van der Waals surface area contributed by atoms with Gasteiger partial charge in [0, 0.05) is 10.6 Å². The van der Waals surface area contributed by atoms with E-state index in [0.717, 1.165) is 5.56 Å². The molecule has 0 spiro atoms. The predicted molar refractivity (Wildman–Crippen MR) is 40.1 cm³/mol. The SMILES string of the molecule is Fc1ccc(Cl)c([C@@H]2CO2)c1. The monoisotopic (exact) mass is 172 g/mol. The summed E-state index contributed by atoms with van der Waals surface area (Å²) in [5, 5.41) is 0.578. The standard InChI is InChI=1S/C8H6ClFO/c9-7-2-1-5(10)3-6(7)8-4-11-8/h1-3,8H,4H2/t8-/m0/s1. The van der Waals surface area contributed by atoms with E-state index in [1.54, 1.807) is 6.07 Å². The Balaban J connectivity index is 2.42. The number of hydrogen-bond donors (Lipinski definition) is 0. The van der Waals surface area contributed by atoms with Crippen LogP contribution in [0.1, 0.15) is 11.7 Å². The molecule has 0 amide bonds. The van der Waals surface area contributed by atoms with Gasteiger partial charge in [0.2, 0.25) is 0 Å². The molecule has 3 heteroatoms. The van der Waals surface area contributed by atoms with Crippen LogP contribution in [0.3, 0.4) is 0 Å². The van der Waals surface area contributed by atoms with E-state index in [2.05, 4.69) is 0 Å². The molecule has 0 N–H and O–H groups in total. The fourth-order valence-electron chi connectivity index (χ4n) is 0.989. The summed E-state index contributed by atoms with van der Waals surface area (Å²) in [6.07, 6.45) is 0.0261. The molecular formula is C8H6ClFO. The van der Waals surface area contributed by atoms with E-state index in [0.29, 0.717) is 11.6 Å². The summed E-state index contributed by atoms with van der Waals surface area (Å²) in [6.45, 7) is 0.656. The van der Waals surface area contributed by atoms with Crippen molar-refractivity contribution in [2.45, 2.75) is 6.10 Å². The van der Waals surface area contributed by atoms with E-state index in [9.17, 15) is 4.39 Å². The lowest BCUT2D eigenvalue weighted by Gasteiger charge is -1.98. The van der Waals surface area contributed by atoms with Gasteiger partial charge >= 0.3 is 0 Å². The summed E-state index contributed by atoms with van der Waals surface area (Å²) in [4.78, 5) is 0. The summed E-state index contributed by atoms with van der Waals surface area (Å²) in [7, 11) is 0. The van der Waals surface area contributed by atoms with Gasteiger partial charge in [-0.1, -0.05) is 11.6 Å². The second kappa shape index (κ2) is 2.47. The minimum absolute atomic E-state index is 0.0261. The molecule has 1 atom stereocenters. The number of epoxide rings is 1. The van der Waals surface area contributed by atoms with Gasteiger partial charge in [-0.05, 0) is 18.2 Å². The van der Waals surface area contributed by atoms with Gasteiger partial charge in [0.25, 0.3) is 0 Å². The van der Waals surface area contributed by atoms with Crippen LogP contribution in [0.4, 0.5) is 4.39 Å². The Bertz CT molecular complexity index is 283. The zero-order chi connectivity index (χ0) is 7.84. The fourth-order valence-corrected chi connectivity index (χ4v) is 1.23. The summed E-state index contributed by atoms with van der Waals surface area (Å²) in [5.74, 6) is -0.264. The fraction of sp³-hybridized carbons (Fsp3) is 0.250. The van der Waals surface area contributed by atoms with Crippen molar-refractivity contribution in [3.05, 3.63) is 34.6 Å². The van der Waals surface area contributed by atoms with Crippen molar-refractivity contribution in [3.63, 3.8) is 0 Å². The van der Waals surface area contributed by atoms with Crippen LogP contribution in [-0.4, -0.2) is 6.61 Å². The van der Waals surface area contributed by atoms with Crippen LogP contribution >= 0.6 is 11.6 Å². The molecule has 58 valence electrons. The molecular weight excluding hydrogens is 167 g/mol. The lowest BCUT2D eigenvalue weighted by molar-refractivity contribution is 0.415. The Morgan fingerprint density at radius 3 is 2.91 bits per heavy atom. The Labute approximate surface area is 68.7 Å².